The lowest BCUT2D eigenvalue weighted by molar-refractivity contribution is -0.161. The number of hydrogen-bond acceptors (Lipinski definition) is 3. The average molecular weight is 411 g/mol. The molecule has 1 aromatic carbocycles. The Morgan fingerprint density at radius 3 is 2.37 bits per heavy atom. The van der Waals surface area contributed by atoms with Gasteiger partial charge in [-0.25, -0.2) is 0 Å². The van der Waals surface area contributed by atoms with E-state index in [0.717, 1.165) is 67.7 Å². The van der Waals surface area contributed by atoms with Crippen molar-refractivity contribution >= 4 is 11.8 Å². The molecule has 4 aliphatic carbocycles. The van der Waals surface area contributed by atoms with E-state index in [1.165, 1.54) is 19.3 Å². The summed E-state index contributed by atoms with van der Waals surface area (Å²) in [7, 11) is 3.50. The Kier molecular flexibility index (Phi) is 5.03. The molecule has 0 spiro atoms. The molecular formula is C25H34N2O3. The molecule has 162 valence electrons. The highest BCUT2D eigenvalue weighted by atomic mass is 16.5. The quantitative estimate of drug-likeness (QED) is 0.741. The number of likely N-dealkylation sites (N-methyl/N-ethyl adjacent to an activating group) is 1. The highest BCUT2D eigenvalue weighted by molar-refractivity contribution is 5.91. The maximum absolute atomic E-state index is 13.8. The first-order valence-corrected chi connectivity index (χ1v) is 11.7. The van der Waals surface area contributed by atoms with Crippen molar-refractivity contribution in [2.45, 2.75) is 64.0 Å². The Morgan fingerprint density at radius 2 is 1.73 bits per heavy atom. The van der Waals surface area contributed by atoms with Gasteiger partial charge in [0.05, 0.1) is 12.5 Å². The molecule has 0 aromatic heterocycles. The monoisotopic (exact) mass is 410 g/mol. The Balaban J connectivity index is 1.31. The lowest BCUT2D eigenvalue weighted by atomic mass is 9.49. The molecule has 30 heavy (non-hydrogen) atoms. The van der Waals surface area contributed by atoms with Crippen molar-refractivity contribution in [2.75, 3.05) is 20.7 Å². The van der Waals surface area contributed by atoms with E-state index in [2.05, 4.69) is 0 Å². The largest absolute Gasteiger partial charge is 0.496 e. The highest BCUT2D eigenvalue weighted by Gasteiger charge is 2.56. The number of para-hydroxylation sites is 1. The fourth-order valence-corrected chi connectivity index (χ4v) is 7.37. The molecule has 1 aliphatic heterocycles. The fourth-order valence-electron chi connectivity index (χ4n) is 7.37. The van der Waals surface area contributed by atoms with E-state index in [-0.39, 0.29) is 17.4 Å². The molecule has 4 bridgehead atoms. The second kappa shape index (κ2) is 7.58. The summed E-state index contributed by atoms with van der Waals surface area (Å²) >= 11 is 0. The maximum Gasteiger partial charge on any atom is 0.245 e. The molecule has 1 heterocycles. The van der Waals surface area contributed by atoms with E-state index in [9.17, 15) is 9.59 Å². The van der Waals surface area contributed by atoms with Gasteiger partial charge >= 0.3 is 0 Å². The predicted molar refractivity (Wildman–Crippen MR) is 115 cm³/mol. The zero-order chi connectivity index (χ0) is 20.9. The minimum atomic E-state index is -0.301. The third-order valence-electron chi connectivity index (χ3n) is 8.27. The molecule has 5 nitrogen and oxygen atoms in total. The number of methoxy groups -OCH3 is 1. The average Bonchev–Trinajstić information content (AvgIpc) is 3.21. The van der Waals surface area contributed by atoms with E-state index in [0.29, 0.717) is 12.5 Å². The molecule has 1 saturated heterocycles. The standard InChI is InChI=1S/C25H34N2O3/c1-26(16-20-6-3-4-8-22(20)30-2)23(28)21-7-5-9-27(21)24(29)25-13-17-10-18(14-25)12-19(11-17)15-25/h3-4,6,8,17-19,21H,5,7,9-16H2,1-2H3. The normalized spacial score (nSPS) is 34.3. The van der Waals surface area contributed by atoms with E-state index in [4.69, 9.17) is 4.74 Å². The maximum atomic E-state index is 13.8. The molecule has 6 rings (SSSR count). The number of carbonyl (C=O) groups is 2. The van der Waals surface area contributed by atoms with Gasteiger partial charge in [-0.2, -0.15) is 0 Å². The van der Waals surface area contributed by atoms with Crippen LogP contribution in [0.2, 0.25) is 0 Å². The second-order valence-electron chi connectivity index (χ2n) is 10.4. The topological polar surface area (TPSA) is 49.9 Å². The van der Waals surface area contributed by atoms with Crippen molar-refractivity contribution < 1.29 is 14.3 Å². The van der Waals surface area contributed by atoms with Crippen molar-refractivity contribution in [3.05, 3.63) is 29.8 Å². The first-order chi connectivity index (χ1) is 14.5. The van der Waals surface area contributed by atoms with Crippen molar-refractivity contribution in [3.63, 3.8) is 0 Å². The summed E-state index contributed by atoms with van der Waals surface area (Å²) in [4.78, 5) is 31.0. The molecule has 0 N–H and O–H groups in total. The lowest BCUT2D eigenvalue weighted by Gasteiger charge is -2.56. The zero-order valence-electron chi connectivity index (χ0n) is 18.3. The van der Waals surface area contributed by atoms with Gasteiger partial charge in [0.15, 0.2) is 0 Å². The van der Waals surface area contributed by atoms with Gasteiger partial charge in [-0.3, -0.25) is 9.59 Å². The summed E-state index contributed by atoms with van der Waals surface area (Å²) in [6, 6.07) is 7.52. The first kappa shape index (κ1) is 19.9. The van der Waals surface area contributed by atoms with Crippen molar-refractivity contribution in [1.29, 1.82) is 0 Å². The van der Waals surface area contributed by atoms with Crippen LogP contribution in [-0.4, -0.2) is 48.4 Å². The van der Waals surface area contributed by atoms with Crippen LogP contribution in [0.3, 0.4) is 0 Å². The summed E-state index contributed by atoms with van der Waals surface area (Å²) in [5.41, 5.74) is 0.826. The third kappa shape index (κ3) is 3.30. The number of ether oxygens (including phenoxy) is 1. The Bertz CT molecular complexity index is 800. The van der Waals surface area contributed by atoms with E-state index in [1.807, 2.05) is 36.2 Å². The van der Waals surface area contributed by atoms with E-state index >= 15 is 0 Å². The molecule has 4 saturated carbocycles. The van der Waals surface area contributed by atoms with E-state index in [1.54, 1.807) is 12.0 Å². The molecule has 0 radical (unpaired) electrons. The second-order valence-corrected chi connectivity index (χ2v) is 10.4. The minimum Gasteiger partial charge on any atom is -0.496 e. The van der Waals surface area contributed by atoms with Gasteiger partial charge in [0.25, 0.3) is 0 Å². The first-order valence-electron chi connectivity index (χ1n) is 11.7. The van der Waals surface area contributed by atoms with E-state index < -0.39 is 0 Å². The lowest BCUT2D eigenvalue weighted by Crippen LogP contribution is -2.57. The fraction of sp³-hybridized carbons (Fsp3) is 0.680. The molecule has 5 heteroatoms. The number of rotatable bonds is 5. The summed E-state index contributed by atoms with van der Waals surface area (Å²) in [5.74, 6) is 3.38. The summed E-state index contributed by atoms with van der Waals surface area (Å²) < 4.78 is 5.45. The van der Waals surface area contributed by atoms with Crippen LogP contribution >= 0.6 is 0 Å². The van der Waals surface area contributed by atoms with Gasteiger partial charge in [0.2, 0.25) is 11.8 Å². The third-order valence-corrected chi connectivity index (χ3v) is 8.27. The van der Waals surface area contributed by atoms with Crippen LogP contribution in [0.15, 0.2) is 24.3 Å². The molecule has 2 amide bonds. The van der Waals surface area contributed by atoms with Gasteiger partial charge in [-0.1, -0.05) is 18.2 Å². The number of nitrogens with zero attached hydrogens (tertiary/aromatic N) is 2. The van der Waals surface area contributed by atoms with Gasteiger partial charge in [-0.15, -0.1) is 0 Å². The number of benzene rings is 1. The Labute approximate surface area is 179 Å². The van der Waals surface area contributed by atoms with Crippen LogP contribution in [0, 0.1) is 23.2 Å². The van der Waals surface area contributed by atoms with Crippen LogP contribution in [0.5, 0.6) is 5.75 Å². The van der Waals surface area contributed by atoms with Crippen LogP contribution in [0.25, 0.3) is 0 Å². The van der Waals surface area contributed by atoms with Crippen LogP contribution in [-0.2, 0) is 16.1 Å². The number of carbonyl (C=O) groups excluding carboxylic acids is 2. The SMILES string of the molecule is COc1ccccc1CN(C)C(=O)C1CCCN1C(=O)C12CC3CC(CC(C3)C1)C2. The Hall–Kier alpha value is -2.04. The Morgan fingerprint density at radius 1 is 1.10 bits per heavy atom. The summed E-state index contributed by atoms with van der Waals surface area (Å²) in [6.07, 6.45) is 8.89. The summed E-state index contributed by atoms with van der Waals surface area (Å²) in [5, 5.41) is 0. The zero-order valence-corrected chi connectivity index (χ0v) is 18.3. The molecule has 1 aromatic rings. The van der Waals surface area contributed by atoms with Crippen molar-refractivity contribution in [1.82, 2.24) is 9.80 Å². The van der Waals surface area contributed by atoms with Gasteiger partial charge in [0, 0.05) is 25.7 Å². The van der Waals surface area contributed by atoms with Gasteiger partial charge < -0.3 is 14.5 Å². The van der Waals surface area contributed by atoms with Gasteiger partial charge in [0.1, 0.15) is 11.8 Å². The van der Waals surface area contributed by atoms with Crippen LogP contribution < -0.4 is 4.74 Å². The van der Waals surface area contributed by atoms with Crippen molar-refractivity contribution in [3.8, 4) is 5.75 Å². The minimum absolute atomic E-state index is 0.0662. The van der Waals surface area contributed by atoms with Crippen LogP contribution in [0.4, 0.5) is 0 Å². The number of likely N-dealkylation sites (tertiary alicyclic amines) is 1. The molecule has 1 unspecified atom stereocenters. The molecular weight excluding hydrogens is 376 g/mol. The molecule has 5 aliphatic rings. The highest BCUT2D eigenvalue weighted by Crippen LogP contribution is 2.60. The summed E-state index contributed by atoms with van der Waals surface area (Å²) in [6.45, 7) is 1.23. The smallest absolute Gasteiger partial charge is 0.245 e. The van der Waals surface area contributed by atoms with Gasteiger partial charge in [-0.05, 0) is 75.2 Å². The van der Waals surface area contributed by atoms with Crippen LogP contribution in [0.1, 0.15) is 56.9 Å². The number of amides is 2. The number of hydrogen-bond donors (Lipinski definition) is 0. The molecule has 5 fully saturated rings. The molecule has 1 atom stereocenters. The van der Waals surface area contributed by atoms with Crippen molar-refractivity contribution in [2.24, 2.45) is 23.2 Å². The predicted octanol–water partition coefficient (Wildman–Crippen LogP) is 3.86.